The highest BCUT2D eigenvalue weighted by atomic mass is 35.5. The molecule has 0 bridgehead atoms. The highest BCUT2D eigenvalue weighted by Gasteiger charge is 2.49. The van der Waals surface area contributed by atoms with Crippen molar-refractivity contribution in [2.45, 2.75) is 11.1 Å². The Morgan fingerprint density at radius 3 is 2.53 bits per heavy atom. The lowest BCUT2D eigenvalue weighted by Crippen LogP contribution is -2.12. The van der Waals surface area contributed by atoms with Crippen molar-refractivity contribution in [2.75, 3.05) is 0 Å². The first-order chi connectivity index (χ1) is 9.09. The second-order valence-electron chi connectivity index (χ2n) is 3.93. The molecule has 2 heterocycles. The molecule has 98 valence electrons. The number of benzene rings is 1. The third-order valence-electron chi connectivity index (χ3n) is 2.64. The van der Waals surface area contributed by atoms with E-state index in [0.29, 0.717) is 10.7 Å². The van der Waals surface area contributed by atoms with Gasteiger partial charge in [0.1, 0.15) is 0 Å². The zero-order valence-electron chi connectivity index (χ0n) is 9.60. The van der Waals surface area contributed by atoms with Gasteiger partial charge in [-0.2, -0.15) is 0 Å². The Kier molecular flexibility index (Phi) is 3.02. The van der Waals surface area contributed by atoms with Crippen LogP contribution in [0.15, 0.2) is 53.6 Å². The summed E-state index contributed by atoms with van der Waals surface area (Å²) in [6, 6.07) is 11.2. The molecular weight excluding hydrogens is 288 g/mol. The van der Waals surface area contributed by atoms with Gasteiger partial charge in [0.2, 0.25) is 6.23 Å². The van der Waals surface area contributed by atoms with Gasteiger partial charge in [-0.15, -0.1) is 0 Å². The van der Waals surface area contributed by atoms with Crippen LogP contribution in [0.3, 0.4) is 0 Å². The number of sulfonamides is 1. The van der Waals surface area contributed by atoms with Crippen LogP contribution < -0.4 is 0 Å². The van der Waals surface area contributed by atoms with Gasteiger partial charge in [-0.1, -0.05) is 17.7 Å². The minimum absolute atomic E-state index is 0.135. The summed E-state index contributed by atoms with van der Waals surface area (Å²) < 4.78 is 25.4. The average Bonchev–Trinajstić information content (AvgIpc) is 3.21. The van der Waals surface area contributed by atoms with Crippen molar-refractivity contribution in [2.24, 2.45) is 0 Å². The summed E-state index contributed by atoms with van der Waals surface area (Å²) >= 11 is 5.73. The first-order valence-corrected chi connectivity index (χ1v) is 7.28. The molecule has 1 fully saturated rings. The van der Waals surface area contributed by atoms with E-state index in [2.05, 4.69) is 4.98 Å². The van der Waals surface area contributed by atoms with E-state index in [-0.39, 0.29) is 4.90 Å². The predicted molar refractivity (Wildman–Crippen MR) is 68.5 cm³/mol. The van der Waals surface area contributed by atoms with Gasteiger partial charge in [-0.3, -0.25) is 9.82 Å². The molecule has 3 rings (SSSR count). The molecule has 0 amide bonds. The molecule has 0 spiro atoms. The Morgan fingerprint density at radius 1 is 1.16 bits per heavy atom. The second-order valence-corrected chi connectivity index (χ2v) is 6.14. The fourth-order valence-corrected chi connectivity index (χ4v) is 3.02. The van der Waals surface area contributed by atoms with Crippen LogP contribution in [-0.2, 0) is 14.9 Å². The minimum Gasteiger partial charge on any atom is -0.257 e. The molecule has 1 aromatic heterocycles. The number of rotatable bonds is 3. The van der Waals surface area contributed by atoms with E-state index in [1.54, 1.807) is 24.4 Å². The summed E-state index contributed by atoms with van der Waals surface area (Å²) in [5.74, 6) is 0. The lowest BCUT2D eigenvalue weighted by Gasteiger charge is -2.02. The molecule has 1 aliphatic rings. The Balaban J connectivity index is 1.86. The highest BCUT2D eigenvalue weighted by molar-refractivity contribution is 7.89. The Morgan fingerprint density at radius 2 is 1.89 bits per heavy atom. The number of nitrogens with zero attached hydrogens (tertiary/aromatic N) is 2. The lowest BCUT2D eigenvalue weighted by atomic mass is 10.3. The Labute approximate surface area is 115 Å². The molecule has 1 saturated heterocycles. The first kappa shape index (κ1) is 12.6. The zero-order valence-corrected chi connectivity index (χ0v) is 11.2. The van der Waals surface area contributed by atoms with E-state index in [4.69, 9.17) is 16.4 Å². The van der Waals surface area contributed by atoms with E-state index < -0.39 is 16.3 Å². The third-order valence-corrected chi connectivity index (χ3v) is 4.51. The van der Waals surface area contributed by atoms with Crippen LogP contribution in [0.4, 0.5) is 0 Å². The summed E-state index contributed by atoms with van der Waals surface area (Å²) in [6.07, 6.45) is 0.936. The number of hydroxylamine groups is 1. The van der Waals surface area contributed by atoms with Crippen LogP contribution in [0, 0.1) is 0 Å². The monoisotopic (exact) mass is 296 g/mol. The molecule has 0 saturated carbocycles. The molecule has 2 atom stereocenters. The summed E-state index contributed by atoms with van der Waals surface area (Å²) in [7, 11) is -3.67. The highest BCUT2D eigenvalue weighted by Crippen LogP contribution is 2.41. The smallest absolute Gasteiger partial charge is 0.257 e. The topological polar surface area (TPSA) is 62.6 Å². The van der Waals surface area contributed by atoms with Crippen LogP contribution in [0.2, 0.25) is 5.02 Å². The molecular formula is C12H9ClN2O3S. The van der Waals surface area contributed by atoms with Crippen molar-refractivity contribution in [1.29, 1.82) is 0 Å². The summed E-state index contributed by atoms with van der Waals surface area (Å²) in [4.78, 5) is 9.30. The quantitative estimate of drug-likeness (QED) is 0.816. The Bertz CT molecular complexity index is 689. The maximum absolute atomic E-state index is 12.2. The molecule has 0 radical (unpaired) electrons. The van der Waals surface area contributed by atoms with Gasteiger partial charge < -0.3 is 0 Å². The van der Waals surface area contributed by atoms with E-state index in [0.717, 1.165) is 4.47 Å². The molecule has 2 unspecified atom stereocenters. The largest absolute Gasteiger partial charge is 0.268 e. The van der Waals surface area contributed by atoms with Crippen LogP contribution in [-0.4, -0.2) is 17.9 Å². The molecule has 19 heavy (non-hydrogen) atoms. The lowest BCUT2D eigenvalue weighted by molar-refractivity contribution is 0.282. The number of aromatic nitrogens is 1. The van der Waals surface area contributed by atoms with Crippen molar-refractivity contribution in [3.8, 4) is 0 Å². The third kappa shape index (κ3) is 2.35. The predicted octanol–water partition coefficient (Wildman–Crippen LogP) is 2.37. The number of pyridine rings is 1. The van der Waals surface area contributed by atoms with E-state index in [9.17, 15) is 8.42 Å². The van der Waals surface area contributed by atoms with Crippen LogP contribution in [0.25, 0.3) is 0 Å². The fraction of sp³-hybridized carbons (Fsp3) is 0.0833. The van der Waals surface area contributed by atoms with Gasteiger partial charge in [0, 0.05) is 11.2 Å². The number of hydrogen-bond donors (Lipinski definition) is 0. The summed E-state index contributed by atoms with van der Waals surface area (Å²) in [6.45, 7) is 0. The van der Waals surface area contributed by atoms with Gasteiger partial charge in [-0.05, 0) is 40.9 Å². The van der Waals surface area contributed by atoms with E-state index >= 15 is 0 Å². The normalized spacial score (nSPS) is 22.2. The zero-order chi connectivity index (χ0) is 13.5. The molecule has 1 aromatic carbocycles. The fourth-order valence-electron chi connectivity index (χ4n) is 1.65. The van der Waals surface area contributed by atoms with Crippen LogP contribution in [0.5, 0.6) is 0 Å². The van der Waals surface area contributed by atoms with Gasteiger partial charge in [0.05, 0.1) is 10.6 Å². The molecule has 0 N–H and O–H groups in total. The van der Waals surface area contributed by atoms with E-state index in [1.165, 1.54) is 24.3 Å². The standard InChI is InChI=1S/C12H9ClN2O3S/c13-9-4-6-10(7-5-9)19(16,17)15-12(18-15)11-3-1-2-8-14-11/h1-8,12H. The molecule has 5 nitrogen and oxygen atoms in total. The van der Waals surface area contributed by atoms with Crippen molar-refractivity contribution in [3.05, 3.63) is 59.4 Å². The minimum atomic E-state index is -3.67. The molecule has 1 aliphatic heterocycles. The van der Waals surface area contributed by atoms with Crippen LogP contribution in [0.1, 0.15) is 11.9 Å². The summed E-state index contributed by atoms with van der Waals surface area (Å²) in [5, 5.41) is 0.479. The maximum atomic E-state index is 12.2. The maximum Gasteiger partial charge on any atom is 0.268 e. The average molecular weight is 297 g/mol. The molecule has 0 aliphatic carbocycles. The summed E-state index contributed by atoms with van der Waals surface area (Å²) in [5.41, 5.74) is 0.556. The van der Waals surface area contributed by atoms with Gasteiger partial charge in [-0.25, -0.2) is 8.42 Å². The first-order valence-electron chi connectivity index (χ1n) is 5.47. The van der Waals surface area contributed by atoms with Gasteiger partial charge in [0.25, 0.3) is 10.0 Å². The number of hydrogen-bond acceptors (Lipinski definition) is 4. The van der Waals surface area contributed by atoms with Crippen molar-refractivity contribution >= 4 is 21.6 Å². The van der Waals surface area contributed by atoms with Crippen molar-refractivity contribution < 1.29 is 13.3 Å². The van der Waals surface area contributed by atoms with Crippen molar-refractivity contribution in [3.63, 3.8) is 0 Å². The van der Waals surface area contributed by atoms with E-state index in [1.807, 2.05) is 0 Å². The van der Waals surface area contributed by atoms with Gasteiger partial charge in [0.15, 0.2) is 0 Å². The molecule has 7 heteroatoms. The second kappa shape index (κ2) is 4.57. The Hall–Kier alpha value is -1.47. The number of halogens is 1. The SMILES string of the molecule is O=S(=O)(c1ccc(Cl)cc1)N1OC1c1ccccn1. The van der Waals surface area contributed by atoms with Gasteiger partial charge >= 0.3 is 0 Å². The van der Waals surface area contributed by atoms with Crippen molar-refractivity contribution in [1.82, 2.24) is 9.45 Å². The molecule has 2 aromatic rings. The van der Waals surface area contributed by atoms with Crippen LogP contribution >= 0.6 is 11.6 Å².